The number of rotatable bonds is 10. The lowest BCUT2D eigenvalue weighted by Crippen LogP contribution is -2.42. The minimum Gasteiger partial charge on any atom is -0.497 e. The summed E-state index contributed by atoms with van der Waals surface area (Å²) >= 11 is 1.23. The van der Waals surface area contributed by atoms with Crippen LogP contribution < -0.4 is 4.74 Å². The van der Waals surface area contributed by atoms with Gasteiger partial charge in [0, 0.05) is 11.3 Å². The van der Waals surface area contributed by atoms with Gasteiger partial charge in [-0.15, -0.1) is 11.3 Å². The second-order valence-corrected chi connectivity index (χ2v) is 9.89. The second-order valence-electron chi connectivity index (χ2n) is 8.60. The van der Waals surface area contributed by atoms with Gasteiger partial charge in [0.05, 0.1) is 25.6 Å². The maximum absolute atomic E-state index is 15.2. The molecule has 0 aliphatic heterocycles. The van der Waals surface area contributed by atoms with Crippen molar-refractivity contribution in [2.45, 2.75) is 44.3 Å². The highest BCUT2D eigenvalue weighted by Gasteiger charge is 2.53. The van der Waals surface area contributed by atoms with Crippen LogP contribution >= 0.6 is 11.3 Å². The van der Waals surface area contributed by atoms with Crippen LogP contribution in [0.4, 0.5) is 4.39 Å². The van der Waals surface area contributed by atoms with Crippen LogP contribution in [0.3, 0.4) is 0 Å². The lowest BCUT2D eigenvalue weighted by molar-refractivity contribution is -0.135. The Kier molecular flexibility index (Phi) is 6.97. The molecule has 0 radical (unpaired) electrons. The first-order chi connectivity index (χ1) is 16.3. The summed E-state index contributed by atoms with van der Waals surface area (Å²) in [6, 6.07) is 16.7. The number of hydrogen-bond donors (Lipinski definition) is 1. The van der Waals surface area contributed by atoms with Crippen molar-refractivity contribution in [1.82, 2.24) is 9.88 Å². The summed E-state index contributed by atoms with van der Waals surface area (Å²) in [6.45, 7) is 1.67. The molecule has 1 unspecified atom stereocenters. The zero-order valence-corrected chi connectivity index (χ0v) is 20.0. The maximum Gasteiger partial charge on any atom is 0.355 e. The molecule has 1 atom stereocenters. The average molecular weight is 483 g/mol. The highest BCUT2D eigenvalue weighted by Crippen LogP contribution is 2.50. The Hall–Kier alpha value is -3.26. The van der Waals surface area contributed by atoms with E-state index >= 15 is 4.39 Å². The van der Waals surface area contributed by atoms with Crippen molar-refractivity contribution in [2.75, 3.05) is 13.7 Å². The molecule has 1 N–H and O–H groups in total. The Morgan fingerprint density at radius 3 is 2.41 bits per heavy atom. The Morgan fingerprint density at radius 2 is 1.85 bits per heavy atom. The number of alkyl halides is 1. The van der Waals surface area contributed by atoms with Crippen molar-refractivity contribution in [2.24, 2.45) is 0 Å². The second kappa shape index (κ2) is 9.93. The van der Waals surface area contributed by atoms with E-state index in [1.165, 1.54) is 16.2 Å². The van der Waals surface area contributed by atoms with Crippen molar-refractivity contribution in [3.05, 3.63) is 81.3 Å². The molecule has 1 aromatic heterocycles. The van der Waals surface area contributed by atoms with E-state index in [9.17, 15) is 14.7 Å². The summed E-state index contributed by atoms with van der Waals surface area (Å²) in [5.74, 6) is -0.560. The number of carbonyl (C=O) groups is 2. The zero-order chi connectivity index (χ0) is 24.3. The number of carboxylic acid groups (broad SMARTS) is 1. The molecule has 8 heteroatoms. The minimum absolute atomic E-state index is 0.0234. The van der Waals surface area contributed by atoms with Gasteiger partial charge in [0.15, 0.2) is 5.69 Å². The third-order valence-corrected chi connectivity index (χ3v) is 7.13. The van der Waals surface area contributed by atoms with Crippen LogP contribution in [0, 0.1) is 6.92 Å². The molecule has 0 spiro atoms. The molecule has 6 nitrogen and oxygen atoms in total. The first-order valence-electron chi connectivity index (χ1n) is 11.1. The first-order valence-corrected chi connectivity index (χ1v) is 12.0. The van der Waals surface area contributed by atoms with Crippen molar-refractivity contribution in [3.8, 4) is 5.75 Å². The van der Waals surface area contributed by atoms with E-state index in [0.717, 1.165) is 11.1 Å². The van der Waals surface area contributed by atoms with Crippen molar-refractivity contribution >= 4 is 23.2 Å². The number of methoxy groups -OCH3 is 1. The summed E-state index contributed by atoms with van der Waals surface area (Å²) in [7, 11) is 1.59. The molecule has 3 aromatic rings. The molecule has 1 amide bonds. The van der Waals surface area contributed by atoms with Crippen LogP contribution in [-0.4, -0.2) is 46.7 Å². The lowest BCUT2D eigenvalue weighted by Gasteiger charge is -2.28. The Balaban J connectivity index is 1.59. The smallest absolute Gasteiger partial charge is 0.355 e. The van der Waals surface area contributed by atoms with E-state index in [1.54, 1.807) is 14.0 Å². The third-order valence-electron chi connectivity index (χ3n) is 6.18. The topological polar surface area (TPSA) is 79.7 Å². The summed E-state index contributed by atoms with van der Waals surface area (Å²) in [5, 5.41) is 9.84. The number of aromatic nitrogens is 1. The van der Waals surface area contributed by atoms with Gasteiger partial charge in [-0.3, -0.25) is 4.79 Å². The fourth-order valence-electron chi connectivity index (χ4n) is 4.24. The molecular formula is C26H27FN2O4S. The molecule has 4 rings (SSSR count). The molecule has 1 fully saturated rings. The fourth-order valence-corrected chi connectivity index (χ4v) is 5.18. The van der Waals surface area contributed by atoms with Crippen LogP contribution in [0.15, 0.2) is 54.6 Å². The molecule has 0 saturated heterocycles. The lowest BCUT2D eigenvalue weighted by atomic mass is 9.94. The van der Waals surface area contributed by atoms with Gasteiger partial charge in [0.1, 0.15) is 16.9 Å². The average Bonchev–Trinajstić information content (AvgIpc) is 3.55. The number of benzene rings is 2. The number of thiazole rings is 1. The van der Waals surface area contributed by atoms with Gasteiger partial charge in [0.2, 0.25) is 5.91 Å². The number of carbonyl (C=O) groups excluding carboxylic acids is 1. The summed E-state index contributed by atoms with van der Waals surface area (Å²) in [5.41, 5.74) is 1.02. The van der Waals surface area contributed by atoms with E-state index in [1.807, 2.05) is 54.6 Å². The first kappa shape index (κ1) is 23.9. The monoisotopic (exact) mass is 482 g/mol. The molecule has 2 aromatic carbocycles. The molecule has 1 aliphatic carbocycles. The van der Waals surface area contributed by atoms with Gasteiger partial charge >= 0.3 is 5.97 Å². The Bertz CT molecular complexity index is 1160. The largest absolute Gasteiger partial charge is 0.497 e. The van der Waals surface area contributed by atoms with E-state index in [0.29, 0.717) is 28.5 Å². The quantitative estimate of drug-likeness (QED) is 0.449. The normalized spacial score (nSPS) is 14.9. The number of amides is 1. The van der Waals surface area contributed by atoms with Crippen LogP contribution in [-0.2, 0) is 23.2 Å². The highest BCUT2D eigenvalue weighted by molar-refractivity contribution is 7.11. The van der Waals surface area contributed by atoms with Crippen molar-refractivity contribution < 1.29 is 23.8 Å². The number of aromatic carboxylic acids is 1. The Morgan fingerprint density at radius 1 is 1.18 bits per heavy atom. The van der Waals surface area contributed by atoms with Gasteiger partial charge in [0.25, 0.3) is 0 Å². The van der Waals surface area contributed by atoms with E-state index in [4.69, 9.17) is 4.74 Å². The fraction of sp³-hybridized carbons (Fsp3) is 0.346. The number of ether oxygens (including phenoxy) is 1. The van der Waals surface area contributed by atoms with Crippen molar-refractivity contribution in [1.29, 1.82) is 0 Å². The van der Waals surface area contributed by atoms with Gasteiger partial charge in [-0.25, -0.2) is 14.2 Å². The number of aryl methyl sites for hydroxylation is 1. The number of nitrogens with zero attached hydrogens (tertiary/aromatic N) is 2. The van der Waals surface area contributed by atoms with Gasteiger partial charge in [-0.05, 0) is 43.0 Å². The maximum atomic E-state index is 15.2. The van der Waals surface area contributed by atoms with Crippen molar-refractivity contribution in [3.63, 3.8) is 0 Å². The molecule has 0 bridgehead atoms. The predicted molar refractivity (Wildman–Crippen MR) is 128 cm³/mol. The minimum atomic E-state index is -1.27. The summed E-state index contributed by atoms with van der Waals surface area (Å²) in [6.07, 6.45) is 0.290. The summed E-state index contributed by atoms with van der Waals surface area (Å²) < 4.78 is 20.4. The number of hydrogen-bond acceptors (Lipinski definition) is 5. The number of carboxylic acids is 1. The van der Waals surface area contributed by atoms with E-state index in [2.05, 4.69) is 4.98 Å². The van der Waals surface area contributed by atoms with Crippen LogP contribution in [0.25, 0.3) is 0 Å². The van der Waals surface area contributed by atoms with Gasteiger partial charge in [-0.2, -0.15) is 0 Å². The van der Waals surface area contributed by atoms with Crippen LogP contribution in [0.5, 0.6) is 5.75 Å². The van der Waals surface area contributed by atoms with Gasteiger partial charge in [-0.1, -0.05) is 42.5 Å². The zero-order valence-electron chi connectivity index (χ0n) is 19.2. The third kappa shape index (κ3) is 5.12. The molecule has 1 saturated carbocycles. The standard InChI is InChI=1S/C26H27FN2O4S/c1-17-23(24(30)31)28-22(34-17)16-29(15-20(27)14-18-6-4-3-5-7-18)25(32)26(12-13-26)19-8-10-21(33-2)11-9-19/h3-11,20H,12-16H2,1-2H3,(H,30,31). The van der Waals surface area contributed by atoms with Crippen LogP contribution in [0.2, 0.25) is 0 Å². The molecular weight excluding hydrogens is 455 g/mol. The Labute approximate surface area is 202 Å². The molecule has 34 heavy (non-hydrogen) atoms. The number of halogens is 1. The SMILES string of the molecule is COc1ccc(C2(C(=O)N(Cc3nc(C(=O)O)c(C)s3)CC(F)Cc3ccccc3)CC2)cc1. The van der Waals surface area contributed by atoms with Gasteiger partial charge < -0.3 is 14.7 Å². The van der Waals surface area contributed by atoms with Crippen LogP contribution in [0.1, 0.15) is 44.3 Å². The van der Waals surface area contributed by atoms with E-state index < -0.39 is 17.6 Å². The predicted octanol–water partition coefficient (Wildman–Crippen LogP) is 4.80. The molecule has 1 heterocycles. The van der Waals surface area contributed by atoms with E-state index in [-0.39, 0.29) is 31.1 Å². The highest BCUT2D eigenvalue weighted by atomic mass is 32.1. The molecule has 178 valence electrons. The molecule has 1 aliphatic rings. The summed E-state index contributed by atoms with van der Waals surface area (Å²) in [4.78, 5) is 31.5.